The molecule has 0 aromatic heterocycles. The number of hydrogen-bond donors (Lipinski definition) is 0. The first-order chi connectivity index (χ1) is 26.8. The Morgan fingerprint density at radius 3 is 1.15 bits per heavy atom. The third-order valence-corrected chi connectivity index (χ3v) is 11.8. The zero-order chi connectivity index (χ0) is 40.6. The lowest BCUT2D eigenvalue weighted by Gasteiger charge is -2.21. The Bertz CT molecular complexity index is 803. The number of nitrogens with zero attached hydrogens (tertiary/aromatic N) is 1. The Morgan fingerprint density at radius 1 is 0.436 bits per heavy atom. The van der Waals surface area contributed by atoms with Crippen LogP contribution in [0.25, 0.3) is 0 Å². The van der Waals surface area contributed by atoms with Crippen LogP contribution in [0, 0.1) is 17.8 Å². The lowest BCUT2D eigenvalue weighted by Crippen LogP contribution is -2.28. The maximum atomic E-state index is 12.4. The molecular formula is C49H97NO5. The van der Waals surface area contributed by atoms with E-state index in [1.54, 1.807) is 0 Å². The van der Waals surface area contributed by atoms with Crippen LogP contribution in [0.15, 0.2) is 0 Å². The maximum Gasteiger partial charge on any atom is 0.306 e. The predicted molar refractivity (Wildman–Crippen MR) is 237 cm³/mol. The summed E-state index contributed by atoms with van der Waals surface area (Å²) in [4.78, 5) is 27.2. The quantitative estimate of drug-likeness (QED) is 0.0454. The van der Waals surface area contributed by atoms with Gasteiger partial charge in [-0.2, -0.15) is 0 Å². The van der Waals surface area contributed by atoms with Crippen molar-refractivity contribution in [3.8, 4) is 0 Å². The molecule has 0 saturated heterocycles. The second-order valence-corrected chi connectivity index (χ2v) is 17.5. The van der Waals surface area contributed by atoms with Gasteiger partial charge < -0.3 is 19.1 Å². The molecule has 0 radical (unpaired) electrons. The average molecular weight is 780 g/mol. The Balaban J connectivity index is 4.19. The molecule has 0 N–H and O–H groups in total. The molecule has 0 heterocycles. The maximum absolute atomic E-state index is 12.4. The molecule has 0 aromatic carbocycles. The predicted octanol–water partition coefficient (Wildman–Crippen LogP) is 14.5. The molecular weight excluding hydrogens is 683 g/mol. The first-order valence-electron chi connectivity index (χ1n) is 24.4. The summed E-state index contributed by atoms with van der Waals surface area (Å²) in [6, 6.07) is 0.587. The highest BCUT2D eigenvalue weighted by atomic mass is 16.5. The topological polar surface area (TPSA) is 65.1 Å². The van der Waals surface area contributed by atoms with Crippen LogP contribution in [-0.2, 0) is 23.8 Å². The van der Waals surface area contributed by atoms with Crippen LogP contribution in [0.5, 0.6) is 0 Å². The minimum atomic E-state index is 0.0209. The molecule has 6 heteroatoms. The van der Waals surface area contributed by atoms with Gasteiger partial charge in [-0.05, 0) is 96.4 Å². The number of carbonyl (C=O) groups excluding carboxylic acids is 2. The van der Waals surface area contributed by atoms with Gasteiger partial charge in [0.05, 0.1) is 13.2 Å². The van der Waals surface area contributed by atoms with Gasteiger partial charge in [0.2, 0.25) is 0 Å². The largest absolute Gasteiger partial charge is 0.466 e. The highest BCUT2D eigenvalue weighted by molar-refractivity contribution is 5.70. The van der Waals surface area contributed by atoms with Crippen molar-refractivity contribution in [1.29, 1.82) is 0 Å². The fraction of sp³-hybridized carbons (Fsp3) is 0.959. The lowest BCUT2D eigenvalue weighted by atomic mass is 9.93. The molecule has 55 heavy (non-hydrogen) atoms. The molecule has 1 unspecified atom stereocenters. The summed E-state index contributed by atoms with van der Waals surface area (Å²) < 4.78 is 17.5. The minimum absolute atomic E-state index is 0.0209. The summed E-state index contributed by atoms with van der Waals surface area (Å²) in [6.07, 6.45) is 36.5. The van der Waals surface area contributed by atoms with E-state index in [0.29, 0.717) is 49.9 Å². The number of ether oxygens (including phenoxy) is 3. The van der Waals surface area contributed by atoms with Crippen molar-refractivity contribution in [2.45, 2.75) is 247 Å². The van der Waals surface area contributed by atoms with Crippen LogP contribution < -0.4 is 0 Å². The van der Waals surface area contributed by atoms with E-state index in [9.17, 15) is 9.59 Å². The van der Waals surface area contributed by atoms with Gasteiger partial charge in [0, 0.05) is 38.6 Å². The van der Waals surface area contributed by atoms with Crippen molar-refractivity contribution >= 4 is 11.9 Å². The molecule has 0 aliphatic rings. The Kier molecular flexibility index (Phi) is 40.2. The molecule has 0 fully saturated rings. The Labute approximate surface area is 344 Å². The van der Waals surface area contributed by atoms with E-state index in [0.717, 1.165) is 58.3 Å². The van der Waals surface area contributed by atoms with E-state index in [-0.39, 0.29) is 11.9 Å². The van der Waals surface area contributed by atoms with E-state index in [1.165, 1.54) is 148 Å². The second-order valence-electron chi connectivity index (χ2n) is 17.5. The van der Waals surface area contributed by atoms with Crippen LogP contribution in [0.2, 0.25) is 0 Å². The van der Waals surface area contributed by atoms with Gasteiger partial charge in [-0.25, -0.2) is 0 Å². The SMILES string of the molecule is CCCCC(CCCC)CC(=O)OCCCCCCCCCCC(CCCCCCCCOC(=O)CC(CCCC)CCCC)COCCCN(C)C(C)C. The zero-order valence-electron chi connectivity index (χ0n) is 38.3. The lowest BCUT2D eigenvalue weighted by molar-refractivity contribution is -0.146. The van der Waals surface area contributed by atoms with Gasteiger partial charge in [-0.1, -0.05) is 156 Å². The van der Waals surface area contributed by atoms with Crippen LogP contribution in [-0.4, -0.2) is 62.9 Å². The summed E-state index contributed by atoms with van der Waals surface area (Å²) in [6.45, 7) is 17.5. The first kappa shape index (κ1) is 53.9. The van der Waals surface area contributed by atoms with Gasteiger partial charge in [-0.15, -0.1) is 0 Å². The highest BCUT2D eigenvalue weighted by Crippen LogP contribution is 2.23. The molecule has 0 spiro atoms. The first-order valence-corrected chi connectivity index (χ1v) is 24.4. The summed E-state index contributed by atoms with van der Waals surface area (Å²) in [7, 11) is 2.20. The van der Waals surface area contributed by atoms with Crippen molar-refractivity contribution in [2.24, 2.45) is 17.8 Å². The summed E-state index contributed by atoms with van der Waals surface area (Å²) in [5.41, 5.74) is 0. The van der Waals surface area contributed by atoms with Crippen LogP contribution in [0.1, 0.15) is 241 Å². The van der Waals surface area contributed by atoms with Gasteiger partial charge in [0.25, 0.3) is 0 Å². The molecule has 0 bridgehead atoms. The summed E-state index contributed by atoms with van der Waals surface area (Å²) >= 11 is 0. The number of rotatable bonds is 43. The normalized spacial score (nSPS) is 12.4. The number of hydrogen-bond acceptors (Lipinski definition) is 6. The van der Waals surface area contributed by atoms with E-state index in [4.69, 9.17) is 14.2 Å². The molecule has 6 nitrogen and oxygen atoms in total. The smallest absolute Gasteiger partial charge is 0.306 e. The van der Waals surface area contributed by atoms with E-state index in [1.807, 2.05) is 0 Å². The fourth-order valence-electron chi connectivity index (χ4n) is 7.70. The molecule has 1 atom stereocenters. The van der Waals surface area contributed by atoms with Crippen LogP contribution in [0.4, 0.5) is 0 Å². The standard InChI is InChI=1S/C49H97NO5/c1-8-12-31-45(32-13-9-2)41-48(51)54-39-28-24-20-17-16-18-22-26-35-47(43-53-38-30-37-50(7)44(5)6)36-27-23-19-21-25-29-40-55-49(52)42-46(33-14-10-3)34-15-11-4/h44-47H,8-43H2,1-7H3. The van der Waals surface area contributed by atoms with E-state index >= 15 is 0 Å². The number of carbonyl (C=O) groups is 2. The molecule has 0 aliphatic carbocycles. The molecule has 0 saturated carbocycles. The molecule has 0 amide bonds. The summed E-state index contributed by atoms with van der Waals surface area (Å²) in [5, 5.41) is 0. The fourth-order valence-corrected chi connectivity index (χ4v) is 7.70. The zero-order valence-corrected chi connectivity index (χ0v) is 38.3. The number of esters is 2. The van der Waals surface area contributed by atoms with Crippen LogP contribution >= 0.6 is 0 Å². The third-order valence-electron chi connectivity index (χ3n) is 11.8. The summed E-state index contributed by atoms with van der Waals surface area (Å²) in [5.74, 6) is 1.74. The van der Waals surface area contributed by atoms with Crippen molar-refractivity contribution in [3.05, 3.63) is 0 Å². The molecule has 328 valence electrons. The van der Waals surface area contributed by atoms with Gasteiger partial charge >= 0.3 is 11.9 Å². The molecule has 0 aliphatic heterocycles. The van der Waals surface area contributed by atoms with Crippen molar-refractivity contribution in [1.82, 2.24) is 4.90 Å². The van der Waals surface area contributed by atoms with Crippen molar-refractivity contribution < 1.29 is 23.8 Å². The molecule has 0 rings (SSSR count). The molecule has 0 aromatic rings. The number of unbranched alkanes of at least 4 members (excludes halogenated alkanes) is 16. The minimum Gasteiger partial charge on any atom is -0.466 e. The van der Waals surface area contributed by atoms with E-state index < -0.39 is 0 Å². The van der Waals surface area contributed by atoms with Gasteiger partial charge in [0.1, 0.15) is 0 Å². The third kappa shape index (κ3) is 36.9. The average Bonchev–Trinajstić information content (AvgIpc) is 3.17. The second kappa shape index (κ2) is 41.0. The highest BCUT2D eigenvalue weighted by Gasteiger charge is 2.16. The Hall–Kier alpha value is -1.14. The van der Waals surface area contributed by atoms with Crippen molar-refractivity contribution in [2.75, 3.05) is 40.0 Å². The van der Waals surface area contributed by atoms with Crippen LogP contribution in [0.3, 0.4) is 0 Å². The Morgan fingerprint density at radius 2 is 0.782 bits per heavy atom. The van der Waals surface area contributed by atoms with Crippen molar-refractivity contribution in [3.63, 3.8) is 0 Å². The van der Waals surface area contributed by atoms with Gasteiger partial charge in [-0.3, -0.25) is 9.59 Å². The monoisotopic (exact) mass is 780 g/mol. The van der Waals surface area contributed by atoms with E-state index in [2.05, 4.69) is 53.5 Å². The van der Waals surface area contributed by atoms with Gasteiger partial charge in [0.15, 0.2) is 0 Å².